The minimum absolute atomic E-state index is 0.225. The normalized spacial score (nSPS) is 21.8. The Morgan fingerprint density at radius 3 is 2.48 bits per heavy atom. The average Bonchev–Trinajstić information content (AvgIpc) is 3.32. The molecule has 1 aromatic rings. The van der Waals surface area contributed by atoms with Crippen molar-refractivity contribution in [3.63, 3.8) is 0 Å². The standard InChI is InChI=1S/C16H22N2O3/c17-16(19)18(12-4-2-1-3-5-12)13-6-8-14(9-7-13)20-10-15-11-21-15/h6-9,12,15H,1-5,10-11H2,(H2,17,19). The number of benzene rings is 1. The van der Waals surface area contributed by atoms with Crippen LogP contribution in [0.4, 0.5) is 10.5 Å². The van der Waals surface area contributed by atoms with Gasteiger partial charge < -0.3 is 15.2 Å². The lowest BCUT2D eigenvalue weighted by atomic mass is 9.94. The van der Waals surface area contributed by atoms with Gasteiger partial charge in [-0.1, -0.05) is 19.3 Å². The Hall–Kier alpha value is -1.75. The van der Waals surface area contributed by atoms with E-state index in [4.69, 9.17) is 15.2 Å². The van der Waals surface area contributed by atoms with Gasteiger partial charge in [0.25, 0.3) is 0 Å². The van der Waals surface area contributed by atoms with Crippen molar-refractivity contribution < 1.29 is 14.3 Å². The fraction of sp³-hybridized carbons (Fsp3) is 0.562. The molecule has 2 fully saturated rings. The third-order valence-corrected chi connectivity index (χ3v) is 4.13. The van der Waals surface area contributed by atoms with Gasteiger partial charge in [-0.3, -0.25) is 4.90 Å². The van der Waals surface area contributed by atoms with Crippen molar-refractivity contribution in [3.05, 3.63) is 24.3 Å². The van der Waals surface area contributed by atoms with Crippen LogP contribution in [0.25, 0.3) is 0 Å². The van der Waals surface area contributed by atoms with Crippen molar-refractivity contribution in [2.24, 2.45) is 5.73 Å². The Bertz CT molecular complexity index is 479. The fourth-order valence-electron chi connectivity index (χ4n) is 2.91. The van der Waals surface area contributed by atoms with E-state index in [1.54, 1.807) is 4.90 Å². The van der Waals surface area contributed by atoms with E-state index in [2.05, 4.69) is 0 Å². The summed E-state index contributed by atoms with van der Waals surface area (Å²) in [7, 11) is 0. The molecule has 1 heterocycles. The van der Waals surface area contributed by atoms with Crippen molar-refractivity contribution in [3.8, 4) is 5.75 Å². The third kappa shape index (κ3) is 3.67. The molecule has 21 heavy (non-hydrogen) atoms. The molecule has 0 bridgehead atoms. The number of carbonyl (C=O) groups is 1. The molecule has 114 valence electrons. The lowest BCUT2D eigenvalue weighted by Crippen LogP contribution is -2.44. The van der Waals surface area contributed by atoms with E-state index in [9.17, 15) is 4.79 Å². The summed E-state index contributed by atoms with van der Waals surface area (Å²) in [6.07, 6.45) is 5.88. The monoisotopic (exact) mass is 290 g/mol. The zero-order valence-corrected chi connectivity index (χ0v) is 12.2. The third-order valence-electron chi connectivity index (χ3n) is 4.13. The molecule has 2 N–H and O–H groups in total. The van der Waals surface area contributed by atoms with Crippen molar-refractivity contribution >= 4 is 11.7 Å². The lowest BCUT2D eigenvalue weighted by molar-refractivity contribution is 0.249. The lowest BCUT2D eigenvalue weighted by Gasteiger charge is -2.33. The Labute approximate surface area is 125 Å². The second-order valence-corrected chi connectivity index (χ2v) is 5.76. The highest BCUT2D eigenvalue weighted by atomic mass is 16.6. The quantitative estimate of drug-likeness (QED) is 0.848. The molecule has 1 aromatic carbocycles. The van der Waals surface area contributed by atoms with E-state index in [0.29, 0.717) is 6.61 Å². The molecule has 0 aromatic heterocycles. The number of amides is 2. The average molecular weight is 290 g/mol. The van der Waals surface area contributed by atoms with E-state index < -0.39 is 0 Å². The molecule has 1 aliphatic heterocycles. The first-order chi connectivity index (χ1) is 10.2. The van der Waals surface area contributed by atoms with Crippen LogP contribution in [0.5, 0.6) is 5.75 Å². The summed E-state index contributed by atoms with van der Waals surface area (Å²) >= 11 is 0. The van der Waals surface area contributed by atoms with Crippen molar-refractivity contribution in [1.29, 1.82) is 0 Å². The second-order valence-electron chi connectivity index (χ2n) is 5.76. The summed E-state index contributed by atoms with van der Waals surface area (Å²) in [6, 6.07) is 7.43. The molecule has 2 aliphatic rings. The molecule has 2 amide bonds. The number of ether oxygens (including phenoxy) is 2. The minimum atomic E-state index is -0.373. The first-order valence-corrected chi connectivity index (χ1v) is 7.67. The van der Waals surface area contributed by atoms with Gasteiger partial charge in [0.05, 0.1) is 6.61 Å². The Balaban J connectivity index is 1.67. The topological polar surface area (TPSA) is 68.1 Å². The fourth-order valence-corrected chi connectivity index (χ4v) is 2.91. The molecule has 1 saturated carbocycles. The smallest absolute Gasteiger partial charge is 0.319 e. The van der Waals surface area contributed by atoms with Gasteiger partial charge in [-0.15, -0.1) is 0 Å². The van der Waals surface area contributed by atoms with Crippen LogP contribution in [0.15, 0.2) is 24.3 Å². The van der Waals surface area contributed by atoms with Crippen molar-refractivity contribution in [1.82, 2.24) is 0 Å². The van der Waals surface area contributed by atoms with Gasteiger partial charge in [0, 0.05) is 11.7 Å². The number of hydrogen-bond acceptors (Lipinski definition) is 3. The predicted molar refractivity (Wildman–Crippen MR) is 80.6 cm³/mol. The maximum Gasteiger partial charge on any atom is 0.319 e. The molecule has 1 atom stereocenters. The summed E-state index contributed by atoms with van der Waals surface area (Å²) in [5, 5.41) is 0. The molecule has 0 spiro atoms. The Morgan fingerprint density at radius 2 is 1.90 bits per heavy atom. The van der Waals surface area contributed by atoms with E-state index in [1.807, 2.05) is 24.3 Å². The summed E-state index contributed by atoms with van der Waals surface area (Å²) < 4.78 is 10.7. The Morgan fingerprint density at radius 1 is 1.24 bits per heavy atom. The first-order valence-electron chi connectivity index (χ1n) is 7.67. The number of nitrogens with zero attached hydrogens (tertiary/aromatic N) is 1. The van der Waals surface area contributed by atoms with Gasteiger partial charge in [-0.25, -0.2) is 4.79 Å². The van der Waals surface area contributed by atoms with Crippen LogP contribution in [0.1, 0.15) is 32.1 Å². The molecular formula is C16H22N2O3. The van der Waals surface area contributed by atoms with Crippen LogP contribution in [0.3, 0.4) is 0 Å². The van der Waals surface area contributed by atoms with Gasteiger partial charge in [0.2, 0.25) is 0 Å². The minimum Gasteiger partial charge on any atom is -0.491 e. The highest BCUT2D eigenvalue weighted by Gasteiger charge is 2.25. The summed E-state index contributed by atoms with van der Waals surface area (Å²) in [5.41, 5.74) is 6.43. The summed E-state index contributed by atoms with van der Waals surface area (Å²) in [5.74, 6) is 0.794. The van der Waals surface area contributed by atoms with Crippen molar-refractivity contribution in [2.75, 3.05) is 18.1 Å². The zero-order valence-electron chi connectivity index (χ0n) is 12.2. The largest absolute Gasteiger partial charge is 0.491 e. The van der Waals surface area contributed by atoms with Crippen LogP contribution in [0, 0.1) is 0 Å². The van der Waals surface area contributed by atoms with Crippen LogP contribution >= 0.6 is 0 Å². The number of rotatable bonds is 5. The highest BCUT2D eigenvalue weighted by Crippen LogP contribution is 2.28. The number of urea groups is 1. The van der Waals surface area contributed by atoms with Crippen LogP contribution in [-0.4, -0.2) is 31.4 Å². The first kappa shape index (κ1) is 14.2. The van der Waals surface area contributed by atoms with Gasteiger partial charge in [-0.2, -0.15) is 0 Å². The highest BCUT2D eigenvalue weighted by molar-refractivity contribution is 5.91. The maximum atomic E-state index is 11.8. The van der Waals surface area contributed by atoms with Gasteiger partial charge in [0.1, 0.15) is 18.5 Å². The van der Waals surface area contributed by atoms with Gasteiger partial charge >= 0.3 is 6.03 Å². The van der Waals surface area contributed by atoms with E-state index in [0.717, 1.165) is 43.7 Å². The number of primary amides is 1. The van der Waals surface area contributed by atoms with Crippen LogP contribution < -0.4 is 15.4 Å². The molecule has 3 rings (SSSR count). The molecule has 1 aliphatic carbocycles. The molecule has 0 radical (unpaired) electrons. The number of hydrogen-bond donors (Lipinski definition) is 1. The second kappa shape index (κ2) is 6.35. The van der Waals surface area contributed by atoms with Crippen LogP contribution in [0.2, 0.25) is 0 Å². The molecule has 5 heteroatoms. The van der Waals surface area contributed by atoms with E-state index in [-0.39, 0.29) is 18.2 Å². The maximum absolute atomic E-state index is 11.8. The predicted octanol–water partition coefficient (Wildman–Crippen LogP) is 2.68. The number of epoxide rings is 1. The van der Waals surface area contributed by atoms with E-state index in [1.165, 1.54) is 6.42 Å². The van der Waals surface area contributed by atoms with Gasteiger partial charge in [-0.05, 0) is 37.1 Å². The zero-order chi connectivity index (χ0) is 14.7. The SMILES string of the molecule is NC(=O)N(c1ccc(OCC2CO2)cc1)C1CCCCC1. The van der Waals surface area contributed by atoms with Crippen molar-refractivity contribution in [2.45, 2.75) is 44.2 Å². The summed E-state index contributed by atoms with van der Waals surface area (Å²) in [6.45, 7) is 1.37. The number of anilines is 1. The molecule has 5 nitrogen and oxygen atoms in total. The van der Waals surface area contributed by atoms with Crippen LogP contribution in [-0.2, 0) is 4.74 Å². The molecule has 1 saturated heterocycles. The summed E-state index contributed by atoms with van der Waals surface area (Å²) in [4.78, 5) is 13.5. The Kier molecular flexibility index (Phi) is 4.29. The van der Waals surface area contributed by atoms with E-state index >= 15 is 0 Å². The van der Waals surface area contributed by atoms with Gasteiger partial charge in [0.15, 0.2) is 0 Å². The number of nitrogens with two attached hydrogens (primary N) is 1. The number of carbonyl (C=O) groups excluding carboxylic acids is 1. The molecular weight excluding hydrogens is 268 g/mol. The molecule has 1 unspecified atom stereocenters.